The molecule has 0 fully saturated rings. The summed E-state index contributed by atoms with van der Waals surface area (Å²) in [5.74, 6) is -0.161. The van der Waals surface area contributed by atoms with E-state index in [9.17, 15) is 14.4 Å². The fraction of sp³-hybridized carbons (Fsp3) is 0.348. The van der Waals surface area contributed by atoms with Crippen molar-refractivity contribution in [2.45, 2.75) is 39.3 Å². The Bertz CT molecular complexity index is 972. The van der Waals surface area contributed by atoms with Crippen molar-refractivity contribution in [3.8, 4) is 5.75 Å². The molecule has 2 aromatic rings. The van der Waals surface area contributed by atoms with Crippen LogP contribution in [0.25, 0.3) is 0 Å². The standard InChI is InChI=1S/C23H28ClN3O5/c1-23(2,3)32-22(30)25-11-10-20(28)27-17-7-5-6-15(12-17)14-26-21(29)18-13-16(24)8-9-19(18)31-4/h5-9,12-13H,10-11,14H2,1-4H3,(H,25,30)(H,26,29)(H,27,28). The summed E-state index contributed by atoms with van der Waals surface area (Å²) in [4.78, 5) is 36.3. The Morgan fingerprint density at radius 3 is 2.47 bits per heavy atom. The minimum atomic E-state index is -0.597. The number of anilines is 1. The third kappa shape index (κ3) is 8.47. The lowest BCUT2D eigenvalue weighted by molar-refractivity contribution is -0.116. The van der Waals surface area contributed by atoms with Crippen LogP contribution in [-0.2, 0) is 16.1 Å². The van der Waals surface area contributed by atoms with Gasteiger partial charge in [-0.2, -0.15) is 0 Å². The summed E-state index contributed by atoms with van der Waals surface area (Å²) >= 11 is 5.98. The number of nitrogens with one attached hydrogen (secondary N) is 3. The Morgan fingerprint density at radius 2 is 1.78 bits per heavy atom. The SMILES string of the molecule is COc1ccc(Cl)cc1C(=O)NCc1cccc(NC(=O)CCNC(=O)OC(C)(C)C)c1. The highest BCUT2D eigenvalue weighted by Crippen LogP contribution is 2.22. The summed E-state index contributed by atoms with van der Waals surface area (Å²) in [5.41, 5.74) is 1.12. The molecule has 2 aromatic carbocycles. The average molecular weight is 462 g/mol. The number of alkyl carbamates (subject to hydrolysis) is 1. The largest absolute Gasteiger partial charge is 0.496 e. The van der Waals surface area contributed by atoms with E-state index in [1.165, 1.54) is 13.2 Å². The molecule has 172 valence electrons. The van der Waals surface area contributed by atoms with Gasteiger partial charge in [0.05, 0.1) is 12.7 Å². The van der Waals surface area contributed by atoms with Crippen molar-refractivity contribution in [3.05, 3.63) is 58.6 Å². The number of carbonyl (C=O) groups is 3. The zero-order chi connectivity index (χ0) is 23.7. The third-order valence-electron chi connectivity index (χ3n) is 4.09. The summed E-state index contributed by atoms with van der Waals surface area (Å²) in [6, 6.07) is 11.9. The molecular formula is C23H28ClN3O5. The number of hydrogen-bond donors (Lipinski definition) is 3. The maximum atomic E-state index is 12.5. The molecule has 2 rings (SSSR count). The highest BCUT2D eigenvalue weighted by atomic mass is 35.5. The van der Waals surface area contributed by atoms with Crippen molar-refractivity contribution in [2.24, 2.45) is 0 Å². The number of hydrogen-bond acceptors (Lipinski definition) is 5. The van der Waals surface area contributed by atoms with Gasteiger partial charge in [-0.15, -0.1) is 0 Å². The molecular weight excluding hydrogens is 434 g/mol. The molecule has 8 nitrogen and oxygen atoms in total. The fourth-order valence-corrected chi connectivity index (χ4v) is 2.88. The Balaban J connectivity index is 1.86. The van der Waals surface area contributed by atoms with E-state index in [4.69, 9.17) is 21.1 Å². The smallest absolute Gasteiger partial charge is 0.407 e. The third-order valence-corrected chi connectivity index (χ3v) is 4.33. The van der Waals surface area contributed by atoms with Gasteiger partial charge in [-0.25, -0.2) is 4.79 Å². The summed E-state index contributed by atoms with van der Waals surface area (Å²) in [6.07, 6.45) is -0.478. The van der Waals surface area contributed by atoms with Gasteiger partial charge in [0.1, 0.15) is 11.4 Å². The molecule has 0 bridgehead atoms. The average Bonchev–Trinajstić information content (AvgIpc) is 2.71. The van der Waals surface area contributed by atoms with Crippen LogP contribution in [0, 0.1) is 0 Å². The van der Waals surface area contributed by atoms with Crippen molar-refractivity contribution in [1.29, 1.82) is 0 Å². The zero-order valence-corrected chi connectivity index (χ0v) is 19.3. The van der Waals surface area contributed by atoms with Crippen molar-refractivity contribution < 1.29 is 23.9 Å². The normalized spacial score (nSPS) is 10.8. The van der Waals surface area contributed by atoms with Crippen LogP contribution in [-0.4, -0.2) is 37.2 Å². The molecule has 0 unspecified atom stereocenters. The Morgan fingerprint density at radius 1 is 1.03 bits per heavy atom. The van der Waals surface area contributed by atoms with Crippen molar-refractivity contribution in [1.82, 2.24) is 10.6 Å². The minimum Gasteiger partial charge on any atom is -0.496 e. The lowest BCUT2D eigenvalue weighted by Crippen LogP contribution is -2.34. The second-order valence-electron chi connectivity index (χ2n) is 7.95. The first-order valence-electron chi connectivity index (χ1n) is 10.0. The van der Waals surface area contributed by atoms with E-state index in [0.29, 0.717) is 22.0 Å². The van der Waals surface area contributed by atoms with Crippen molar-refractivity contribution in [3.63, 3.8) is 0 Å². The van der Waals surface area contributed by atoms with Crippen LogP contribution in [0.3, 0.4) is 0 Å². The molecule has 0 aliphatic heterocycles. The lowest BCUT2D eigenvalue weighted by Gasteiger charge is -2.19. The second kappa shape index (κ2) is 11.4. The van der Waals surface area contributed by atoms with Crippen molar-refractivity contribution >= 4 is 35.2 Å². The minimum absolute atomic E-state index is 0.0920. The molecule has 0 atom stereocenters. The van der Waals surface area contributed by atoms with Gasteiger partial charge in [0.25, 0.3) is 5.91 Å². The van der Waals surface area contributed by atoms with Crippen LogP contribution in [0.15, 0.2) is 42.5 Å². The topological polar surface area (TPSA) is 106 Å². The van der Waals surface area contributed by atoms with Gasteiger partial charge in [0.2, 0.25) is 5.91 Å². The highest BCUT2D eigenvalue weighted by molar-refractivity contribution is 6.31. The second-order valence-corrected chi connectivity index (χ2v) is 8.39. The van der Waals surface area contributed by atoms with Gasteiger partial charge < -0.3 is 25.4 Å². The molecule has 0 aliphatic carbocycles. The maximum absolute atomic E-state index is 12.5. The molecule has 0 saturated carbocycles. The molecule has 32 heavy (non-hydrogen) atoms. The van der Waals surface area contributed by atoms with Crippen LogP contribution in [0.2, 0.25) is 5.02 Å². The van der Waals surface area contributed by atoms with E-state index in [0.717, 1.165) is 5.56 Å². The summed E-state index contributed by atoms with van der Waals surface area (Å²) < 4.78 is 10.3. The number of benzene rings is 2. The first-order valence-corrected chi connectivity index (χ1v) is 10.4. The van der Waals surface area contributed by atoms with E-state index in [1.807, 2.05) is 6.07 Å². The monoisotopic (exact) mass is 461 g/mol. The van der Waals surface area contributed by atoms with Crippen molar-refractivity contribution in [2.75, 3.05) is 19.0 Å². The van der Waals surface area contributed by atoms with E-state index < -0.39 is 11.7 Å². The van der Waals surface area contributed by atoms with Gasteiger partial charge in [-0.3, -0.25) is 9.59 Å². The highest BCUT2D eigenvalue weighted by Gasteiger charge is 2.16. The lowest BCUT2D eigenvalue weighted by atomic mass is 10.1. The number of carbonyl (C=O) groups excluding carboxylic acids is 3. The van der Waals surface area contributed by atoms with Crippen LogP contribution in [0.4, 0.5) is 10.5 Å². The number of halogens is 1. The van der Waals surface area contributed by atoms with Gasteiger partial charge in [-0.05, 0) is 56.7 Å². The summed E-state index contributed by atoms with van der Waals surface area (Å²) in [7, 11) is 1.48. The molecule has 0 spiro atoms. The van der Waals surface area contributed by atoms with Crippen LogP contribution < -0.4 is 20.7 Å². The predicted octanol–water partition coefficient (Wildman–Crippen LogP) is 4.13. The number of rotatable bonds is 8. The van der Waals surface area contributed by atoms with E-state index in [-0.39, 0.29) is 31.3 Å². The number of methoxy groups -OCH3 is 1. The van der Waals surface area contributed by atoms with E-state index in [2.05, 4.69) is 16.0 Å². The Kier molecular flexibility index (Phi) is 8.90. The quantitative estimate of drug-likeness (QED) is 0.548. The van der Waals surface area contributed by atoms with E-state index >= 15 is 0 Å². The van der Waals surface area contributed by atoms with Gasteiger partial charge in [-0.1, -0.05) is 23.7 Å². The Hall–Kier alpha value is -3.26. The van der Waals surface area contributed by atoms with Crippen LogP contribution in [0.1, 0.15) is 43.1 Å². The molecule has 3 amide bonds. The molecule has 0 saturated heterocycles. The molecule has 0 aliphatic rings. The van der Waals surface area contributed by atoms with E-state index in [1.54, 1.807) is 51.1 Å². The molecule has 3 N–H and O–H groups in total. The zero-order valence-electron chi connectivity index (χ0n) is 18.6. The summed E-state index contributed by atoms with van der Waals surface area (Å²) in [6.45, 7) is 5.69. The van der Waals surface area contributed by atoms with Gasteiger partial charge in [0.15, 0.2) is 0 Å². The number of ether oxygens (including phenoxy) is 2. The molecule has 0 radical (unpaired) electrons. The summed E-state index contributed by atoms with van der Waals surface area (Å²) in [5, 5.41) is 8.55. The molecule has 9 heteroatoms. The molecule has 0 aromatic heterocycles. The first kappa shape index (κ1) is 25.0. The molecule has 0 heterocycles. The van der Waals surface area contributed by atoms with Gasteiger partial charge in [0, 0.05) is 30.2 Å². The predicted molar refractivity (Wildman–Crippen MR) is 123 cm³/mol. The maximum Gasteiger partial charge on any atom is 0.407 e. The first-order chi connectivity index (χ1) is 15.1. The Labute approximate surface area is 192 Å². The fourth-order valence-electron chi connectivity index (χ4n) is 2.71. The number of amides is 3. The van der Waals surface area contributed by atoms with Crippen LogP contribution in [0.5, 0.6) is 5.75 Å². The van der Waals surface area contributed by atoms with Crippen LogP contribution >= 0.6 is 11.6 Å². The van der Waals surface area contributed by atoms with Gasteiger partial charge >= 0.3 is 6.09 Å².